The first-order chi connectivity index (χ1) is 9.77. The molecule has 2 aromatic carbocycles. The summed E-state index contributed by atoms with van der Waals surface area (Å²) in [4.78, 5) is -0.223. The third kappa shape index (κ3) is 3.99. The summed E-state index contributed by atoms with van der Waals surface area (Å²) in [6.07, 6.45) is 0. The molecule has 2 aromatic rings. The van der Waals surface area contributed by atoms with Crippen molar-refractivity contribution in [1.82, 2.24) is 0 Å². The van der Waals surface area contributed by atoms with Crippen LogP contribution in [0.3, 0.4) is 0 Å². The molecule has 4 nitrogen and oxygen atoms in total. The van der Waals surface area contributed by atoms with E-state index in [1.807, 2.05) is 0 Å². The zero-order valence-corrected chi connectivity index (χ0v) is 12.9. The molecule has 0 aliphatic carbocycles. The topological polar surface area (TPSA) is 69.4 Å². The fourth-order valence-corrected chi connectivity index (χ4v) is 2.83. The molecule has 0 saturated heterocycles. The van der Waals surface area contributed by atoms with Gasteiger partial charge in [0.2, 0.25) is 10.0 Å². The first-order valence-corrected chi connectivity index (χ1v) is 8.00. The lowest BCUT2D eigenvalue weighted by Gasteiger charge is -2.11. The van der Waals surface area contributed by atoms with Crippen LogP contribution in [-0.2, 0) is 16.6 Å². The van der Waals surface area contributed by atoms with Crippen molar-refractivity contribution in [3.8, 4) is 5.75 Å². The van der Waals surface area contributed by atoms with Gasteiger partial charge in [0.25, 0.3) is 0 Å². The molecular weight excluding hydrogens is 368 g/mol. The number of benzene rings is 2. The van der Waals surface area contributed by atoms with Gasteiger partial charge in [0.05, 0.1) is 0 Å². The minimum absolute atomic E-state index is 0.00979. The number of ether oxygens (including phenoxy) is 1. The predicted octanol–water partition coefficient (Wildman–Crippen LogP) is 2.95. The summed E-state index contributed by atoms with van der Waals surface area (Å²) in [5.41, 5.74) is 0.0969. The van der Waals surface area contributed by atoms with Crippen LogP contribution in [0.25, 0.3) is 0 Å². The molecule has 0 saturated carbocycles. The molecule has 0 heterocycles. The van der Waals surface area contributed by atoms with Crippen molar-refractivity contribution in [2.45, 2.75) is 11.5 Å². The average Bonchev–Trinajstić information content (AvgIpc) is 2.38. The lowest BCUT2D eigenvalue weighted by molar-refractivity contribution is 0.291. The van der Waals surface area contributed by atoms with E-state index in [1.54, 1.807) is 6.07 Å². The van der Waals surface area contributed by atoms with Crippen LogP contribution in [0.5, 0.6) is 5.75 Å². The number of nitrogens with two attached hydrogens (primary N) is 1. The number of hydrogen-bond acceptors (Lipinski definition) is 3. The minimum Gasteiger partial charge on any atom is -0.487 e. The lowest BCUT2D eigenvalue weighted by Crippen LogP contribution is -2.14. The molecule has 0 bridgehead atoms. The molecule has 0 radical (unpaired) electrons. The third-order valence-corrected chi connectivity index (χ3v) is 4.04. The van der Waals surface area contributed by atoms with Crippen molar-refractivity contribution < 1.29 is 21.9 Å². The molecule has 0 spiro atoms. The zero-order valence-electron chi connectivity index (χ0n) is 10.5. The smallest absolute Gasteiger partial charge is 0.241 e. The van der Waals surface area contributed by atoms with Crippen molar-refractivity contribution in [3.63, 3.8) is 0 Å². The molecule has 21 heavy (non-hydrogen) atoms. The highest BCUT2D eigenvalue weighted by Gasteiger charge is 2.16. The van der Waals surface area contributed by atoms with Crippen LogP contribution in [0.15, 0.2) is 45.8 Å². The Hall–Kier alpha value is -1.51. The van der Waals surface area contributed by atoms with Gasteiger partial charge in [0.1, 0.15) is 28.9 Å². The van der Waals surface area contributed by atoms with Crippen LogP contribution in [0, 0.1) is 11.6 Å². The summed E-state index contributed by atoms with van der Waals surface area (Å²) in [5, 5.41) is 5.09. The lowest BCUT2D eigenvalue weighted by atomic mass is 10.2. The standard InChI is InChI=1S/C13H10BrF2NO3S/c14-9-2-4-12(13(5-9)21(17,18)19)20-7-8-1-3-10(15)6-11(8)16/h1-6H,7H2,(H2,17,18,19). The summed E-state index contributed by atoms with van der Waals surface area (Å²) < 4.78 is 55.0. The Morgan fingerprint density at radius 2 is 1.86 bits per heavy atom. The van der Waals surface area contributed by atoms with E-state index < -0.39 is 21.7 Å². The molecule has 0 atom stereocenters. The highest BCUT2D eigenvalue weighted by atomic mass is 79.9. The molecule has 0 unspecified atom stereocenters. The second-order valence-corrected chi connectivity index (χ2v) is 6.61. The first-order valence-electron chi connectivity index (χ1n) is 5.66. The quantitative estimate of drug-likeness (QED) is 0.890. The normalized spacial score (nSPS) is 11.4. The summed E-state index contributed by atoms with van der Waals surface area (Å²) >= 11 is 3.13. The molecule has 0 aromatic heterocycles. The van der Waals surface area contributed by atoms with Crippen LogP contribution in [0.1, 0.15) is 5.56 Å². The van der Waals surface area contributed by atoms with Gasteiger partial charge < -0.3 is 4.74 Å². The van der Waals surface area contributed by atoms with Crippen molar-refractivity contribution >= 4 is 26.0 Å². The molecule has 0 fully saturated rings. The van der Waals surface area contributed by atoms with Gasteiger partial charge in [-0.15, -0.1) is 0 Å². The van der Waals surface area contributed by atoms with Crippen molar-refractivity contribution in [3.05, 3.63) is 58.1 Å². The molecule has 0 aliphatic heterocycles. The average molecular weight is 378 g/mol. The second kappa shape index (κ2) is 6.08. The van der Waals surface area contributed by atoms with Gasteiger partial charge in [-0.25, -0.2) is 22.3 Å². The van der Waals surface area contributed by atoms with E-state index in [9.17, 15) is 17.2 Å². The minimum atomic E-state index is -3.99. The molecule has 0 aliphatic rings. The van der Waals surface area contributed by atoms with E-state index in [-0.39, 0.29) is 22.8 Å². The summed E-state index contributed by atoms with van der Waals surface area (Å²) in [5.74, 6) is -1.49. The van der Waals surface area contributed by atoms with Crippen molar-refractivity contribution in [1.29, 1.82) is 0 Å². The summed E-state index contributed by atoms with van der Waals surface area (Å²) in [7, 11) is -3.99. The van der Waals surface area contributed by atoms with Crippen molar-refractivity contribution in [2.75, 3.05) is 0 Å². The number of halogens is 3. The third-order valence-electron chi connectivity index (χ3n) is 2.61. The summed E-state index contributed by atoms with van der Waals surface area (Å²) in [6, 6.07) is 7.27. The SMILES string of the molecule is NS(=O)(=O)c1cc(Br)ccc1OCc1ccc(F)cc1F. The van der Waals surface area contributed by atoms with E-state index in [2.05, 4.69) is 15.9 Å². The van der Waals surface area contributed by atoms with Crippen LogP contribution < -0.4 is 9.88 Å². The van der Waals surface area contributed by atoms with Crippen LogP contribution in [0.2, 0.25) is 0 Å². The Kier molecular flexibility index (Phi) is 4.60. The fourth-order valence-electron chi connectivity index (χ4n) is 1.62. The molecule has 2 N–H and O–H groups in total. The number of hydrogen-bond donors (Lipinski definition) is 1. The van der Waals surface area contributed by atoms with Gasteiger partial charge in [-0.2, -0.15) is 0 Å². The largest absolute Gasteiger partial charge is 0.487 e. The second-order valence-electron chi connectivity index (χ2n) is 4.16. The van der Waals surface area contributed by atoms with Gasteiger partial charge in [-0.1, -0.05) is 15.9 Å². The van der Waals surface area contributed by atoms with E-state index in [0.717, 1.165) is 12.1 Å². The zero-order chi connectivity index (χ0) is 15.6. The van der Waals surface area contributed by atoms with E-state index in [0.29, 0.717) is 4.47 Å². The fraction of sp³-hybridized carbons (Fsp3) is 0.0769. The highest BCUT2D eigenvalue weighted by Crippen LogP contribution is 2.27. The van der Waals surface area contributed by atoms with Gasteiger partial charge in [-0.3, -0.25) is 0 Å². The molecule has 0 amide bonds. The highest BCUT2D eigenvalue weighted by molar-refractivity contribution is 9.10. The molecule has 2 rings (SSSR count). The van der Waals surface area contributed by atoms with E-state index in [1.165, 1.54) is 18.2 Å². The van der Waals surface area contributed by atoms with E-state index >= 15 is 0 Å². The Morgan fingerprint density at radius 1 is 1.14 bits per heavy atom. The Balaban J connectivity index is 2.28. The number of sulfonamides is 1. The van der Waals surface area contributed by atoms with Gasteiger partial charge in [0, 0.05) is 16.1 Å². The van der Waals surface area contributed by atoms with Gasteiger partial charge in [-0.05, 0) is 30.3 Å². The monoisotopic (exact) mass is 377 g/mol. The Morgan fingerprint density at radius 3 is 2.48 bits per heavy atom. The van der Waals surface area contributed by atoms with E-state index in [4.69, 9.17) is 9.88 Å². The van der Waals surface area contributed by atoms with Crippen LogP contribution in [0.4, 0.5) is 8.78 Å². The Bertz CT molecular complexity index is 781. The predicted molar refractivity (Wildman–Crippen MR) is 76.2 cm³/mol. The van der Waals surface area contributed by atoms with Crippen molar-refractivity contribution in [2.24, 2.45) is 5.14 Å². The number of primary sulfonamides is 1. The number of rotatable bonds is 4. The first kappa shape index (κ1) is 15.9. The summed E-state index contributed by atoms with van der Waals surface area (Å²) in [6.45, 7) is -0.254. The van der Waals surface area contributed by atoms with Gasteiger partial charge in [0.15, 0.2) is 0 Å². The van der Waals surface area contributed by atoms with Crippen LogP contribution in [-0.4, -0.2) is 8.42 Å². The maximum Gasteiger partial charge on any atom is 0.241 e. The molecular formula is C13H10BrF2NO3S. The van der Waals surface area contributed by atoms with Gasteiger partial charge >= 0.3 is 0 Å². The Labute approximate surface area is 128 Å². The van der Waals surface area contributed by atoms with Crippen LogP contribution >= 0.6 is 15.9 Å². The maximum atomic E-state index is 13.5. The molecule has 8 heteroatoms. The maximum absolute atomic E-state index is 13.5. The molecule has 112 valence electrons.